The quantitative estimate of drug-likeness (QED) is 0.584. The predicted octanol–water partition coefficient (Wildman–Crippen LogP) is 5.55. The van der Waals surface area contributed by atoms with Gasteiger partial charge >= 0.3 is 0 Å². The van der Waals surface area contributed by atoms with Crippen LogP contribution in [-0.4, -0.2) is 5.78 Å². The van der Waals surface area contributed by atoms with Crippen molar-refractivity contribution in [3.8, 4) is 0 Å². The molecule has 0 saturated heterocycles. The van der Waals surface area contributed by atoms with E-state index in [0.29, 0.717) is 22.8 Å². The molecule has 0 fully saturated rings. The van der Waals surface area contributed by atoms with Gasteiger partial charge in [0.15, 0.2) is 5.76 Å². The van der Waals surface area contributed by atoms with Gasteiger partial charge in [-0.25, -0.2) is 0 Å². The maximum Gasteiger partial charge on any atom is 0.228 e. The summed E-state index contributed by atoms with van der Waals surface area (Å²) in [5, 5.41) is 0.923. The number of hydrogen-bond donors (Lipinski definition) is 0. The molecule has 2 nitrogen and oxygen atoms in total. The van der Waals surface area contributed by atoms with Crippen LogP contribution in [0.25, 0.3) is 11.0 Å². The predicted molar refractivity (Wildman–Crippen MR) is 87.9 cm³/mol. The molecule has 0 radical (unpaired) electrons. The molecule has 0 aliphatic heterocycles. The number of hydrogen-bond acceptors (Lipinski definition) is 2. The van der Waals surface area contributed by atoms with Gasteiger partial charge in [-0.1, -0.05) is 50.2 Å². The molecule has 3 rings (SSSR count). The minimum atomic E-state index is -0.0894. The van der Waals surface area contributed by atoms with Gasteiger partial charge in [-0.3, -0.25) is 4.79 Å². The van der Waals surface area contributed by atoms with Crippen LogP contribution in [0.3, 0.4) is 0 Å². The van der Waals surface area contributed by atoms with E-state index >= 15 is 0 Å². The van der Waals surface area contributed by atoms with Gasteiger partial charge in [-0.2, -0.15) is 0 Å². The van der Waals surface area contributed by atoms with Crippen LogP contribution in [0.1, 0.15) is 41.4 Å². The maximum absolute atomic E-state index is 12.5. The number of furan rings is 1. The van der Waals surface area contributed by atoms with E-state index in [9.17, 15) is 4.79 Å². The summed E-state index contributed by atoms with van der Waals surface area (Å²) < 4.78 is 6.55. The third-order valence-corrected chi connectivity index (χ3v) is 4.18. The molecule has 2 aromatic carbocycles. The first-order valence-electron chi connectivity index (χ1n) is 6.89. The van der Waals surface area contributed by atoms with Gasteiger partial charge in [0.2, 0.25) is 5.78 Å². The lowest BCUT2D eigenvalue weighted by molar-refractivity contribution is 0.101. The molecule has 0 N–H and O–H groups in total. The zero-order valence-electron chi connectivity index (χ0n) is 11.9. The molecule has 0 saturated carbocycles. The van der Waals surface area contributed by atoms with Crippen molar-refractivity contribution < 1.29 is 9.21 Å². The lowest BCUT2D eigenvalue weighted by Gasteiger charge is -2.05. The van der Waals surface area contributed by atoms with Crippen molar-refractivity contribution in [2.75, 3.05) is 0 Å². The van der Waals surface area contributed by atoms with E-state index in [1.807, 2.05) is 42.5 Å². The van der Waals surface area contributed by atoms with Gasteiger partial charge in [0.1, 0.15) is 5.58 Å². The second-order valence-corrected chi connectivity index (χ2v) is 6.23. The lowest BCUT2D eigenvalue weighted by atomic mass is 10.00. The van der Waals surface area contributed by atoms with Crippen LogP contribution >= 0.6 is 15.9 Å². The van der Waals surface area contributed by atoms with Gasteiger partial charge in [-0.15, -0.1) is 0 Å². The van der Waals surface area contributed by atoms with E-state index in [0.717, 1.165) is 9.86 Å². The second kappa shape index (κ2) is 5.49. The number of fused-ring (bicyclic) bond motifs is 1. The third kappa shape index (κ3) is 2.66. The fourth-order valence-corrected chi connectivity index (χ4v) is 2.76. The summed E-state index contributed by atoms with van der Waals surface area (Å²) in [5.41, 5.74) is 2.58. The summed E-state index contributed by atoms with van der Waals surface area (Å²) in [6.07, 6.45) is 0. The van der Waals surface area contributed by atoms with Crippen LogP contribution in [0, 0.1) is 0 Å². The first kappa shape index (κ1) is 14.1. The first-order valence-corrected chi connectivity index (χ1v) is 7.68. The monoisotopic (exact) mass is 342 g/mol. The second-order valence-electron chi connectivity index (χ2n) is 5.37. The van der Waals surface area contributed by atoms with Crippen LogP contribution in [0.4, 0.5) is 0 Å². The van der Waals surface area contributed by atoms with Crippen molar-refractivity contribution >= 4 is 32.7 Å². The third-order valence-electron chi connectivity index (χ3n) is 3.56. The van der Waals surface area contributed by atoms with Crippen LogP contribution in [0.2, 0.25) is 0 Å². The molecule has 21 heavy (non-hydrogen) atoms. The highest BCUT2D eigenvalue weighted by Gasteiger charge is 2.15. The molecule has 0 aliphatic carbocycles. The number of ketones is 1. The van der Waals surface area contributed by atoms with E-state index in [1.54, 1.807) is 6.07 Å². The van der Waals surface area contributed by atoms with Crippen LogP contribution in [-0.2, 0) is 0 Å². The minimum absolute atomic E-state index is 0.0894. The summed E-state index contributed by atoms with van der Waals surface area (Å²) >= 11 is 3.44. The molecule has 0 amide bonds. The van der Waals surface area contributed by atoms with Gasteiger partial charge in [-0.05, 0) is 39.5 Å². The van der Waals surface area contributed by atoms with E-state index in [-0.39, 0.29) is 5.78 Å². The van der Waals surface area contributed by atoms with E-state index in [2.05, 4.69) is 29.8 Å². The fraction of sp³-hybridized carbons (Fsp3) is 0.167. The average Bonchev–Trinajstić information content (AvgIpc) is 2.92. The van der Waals surface area contributed by atoms with E-state index < -0.39 is 0 Å². The molecule has 3 aromatic rings. The summed E-state index contributed by atoms with van der Waals surface area (Å²) in [4.78, 5) is 12.5. The van der Waals surface area contributed by atoms with Gasteiger partial charge < -0.3 is 4.42 Å². The highest BCUT2D eigenvalue weighted by atomic mass is 79.9. The van der Waals surface area contributed by atoms with Crippen molar-refractivity contribution in [1.82, 2.24) is 0 Å². The molecule has 1 heterocycles. The summed E-state index contributed by atoms with van der Waals surface area (Å²) in [5.74, 6) is 0.735. The minimum Gasteiger partial charge on any atom is -0.451 e. The molecule has 0 aliphatic rings. The SMILES string of the molecule is CC(C)c1ccc(C(=O)c2cc3cccc(Br)c3o2)cc1. The molecule has 0 bridgehead atoms. The van der Waals surface area contributed by atoms with Crippen molar-refractivity contribution in [1.29, 1.82) is 0 Å². The Morgan fingerprint density at radius 2 is 1.81 bits per heavy atom. The van der Waals surface area contributed by atoms with Crippen LogP contribution in [0.15, 0.2) is 57.4 Å². The van der Waals surface area contributed by atoms with Crippen molar-refractivity contribution in [2.45, 2.75) is 19.8 Å². The molecular formula is C18H15BrO2. The summed E-state index contributed by atoms with van der Waals surface area (Å²) in [6.45, 7) is 4.27. The van der Waals surface area contributed by atoms with E-state index in [4.69, 9.17) is 4.42 Å². The van der Waals surface area contributed by atoms with Crippen LogP contribution in [0.5, 0.6) is 0 Å². The molecule has 0 spiro atoms. The zero-order valence-corrected chi connectivity index (χ0v) is 13.5. The van der Waals surface area contributed by atoms with Crippen molar-refractivity contribution in [3.05, 3.63) is 69.9 Å². The molecule has 3 heteroatoms. The zero-order chi connectivity index (χ0) is 15.0. The Labute approximate surface area is 131 Å². The van der Waals surface area contributed by atoms with Crippen LogP contribution < -0.4 is 0 Å². The number of carbonyl (C=O) groups excluding carboxylic acids is 1. The number of benzene rings is 2. The Hall–Kier alpha value is -1.87. The number of carbonyl (C=O) groups is 1. The van der Waals surface area contributed by atoms with Crippen molar-refractivity contribution in [3.63, 3.8) is 0 Å². The molecular weight excluding hydrogens is 328 g/mol. The number of halogens is 1. The molecule has 0 atom stereocenters. The van der Waals surface area contributed by atoms with Gasteiger partial charge in [0.25, 0.3) is 0 Å². The standard InChI is InChI=1S/C18H15BrO2/c1-11(2)12-6-8-13(9-7-12)17(20)16-10-14-4-3-5-15(19)18(14)21-16/h3-11H,1-2H3. The normalized spacial score (nSPS) is 11.2. The Morgan fingerprint density at radius 3 is 2.43 bits per heavy atom. The fourth-order valence-electron chi connectivity index (χ4n) is 2.30. The maximum atomic E-state index is 12.5. The summed E-state index contributed by atoms with van der Waals surface area (Å²) in [6, 6.07) is 15.3. The Bertz CT molecular complexity index is 798. The Morgan fingerprint density at radius 1 is 1.10 bits per heavy atom. The van der Waals surface area contributed by atoms with Gasteiger partial charge in [0.05, 0.1) is 4.47 Å². The highest BCUT2D eigenvalue weighted by Crippen LogP contribution is 2.28. The van der Waals surface area contributed by atoms with Gasteiger partial charge in [0, 0.05) is 10.9 Å². The largest absolute Gasteiger partial charge is 0.451 e. The first-order chi connectivity index (χ1) is 10.1. The summed E-state index contributed by atoms with van der Waals surface area (Å²) in [7, 11) is 0. The molecule has 0 unspecified atom stereocenters. The molecule has 1 aromatic heterocycles. The Balaban J connectivity index is 1.98. The van der Waals surface area contributed by atoms with E-state index in [1.165, 1.54) is 5.56 Å². The van der Waals surface area contributed by atoms with Crippen molar-refractivity contribution in [2.24, 2.45) is 0 Å². The average molecular weight is 343 g/mol. The topological polar surface area (TPSA) is 30.2 Å². The smallest absolute Gasteiger partial charge is 0.228 e. The number of rotatable bonds is 3. The Kier molecular flexibility index (Phi) is 3.68. The number of para-hydroxylation sites is 1. The lowest BCUT2D eigenvalue weighted by Crippen LogP contribution is -2.00. The molecule has 106 valence electrons. The highest BCUT2D eigenvalue weighted by molar-refractivity contribution is 9.10.